The average molecular weight is 295 g/mol. The van der Waals surface area contributed by atoms with E-state index in [0.29, 0.717) is 11.1 Å². The number of benzene rings is 1. The SMILES string of the molecule is CC(C)(C)OC(=O)n1ccc2cc(C(Cl)=NO)ccc21. The molecule has 106 valence electrons. The first-order valence-corrected chi connectivity index (χ1v) is 6.42. The molecule has 20 heavy (non-hydrogen) atoms. The van der Waals surface area contributed by atoms with Gasteiger partial charge in [0.25, 0.3) is 0 Å². The van der Waals surface area contributed by atoms with Gasteiger partial charge in [0, 0.05) is 17.1 Å². The van der Waals surface area contributed by atoms with Gasteiger partial charge in [-0.25, -0.2) is 4.79 Å². The normalized spacial score (nSPS) is 12.7. The van der Waals surface area contributed by atoms with Gasteiger partial charge in [0.05, 0.1) is 5.52 Å². The summed E-state index contributed by atoms with van der Waals surface area (Å²) in [6.07, 6.45) is 1.19. The van der Waals surface area contributed by atoms with Crippen LogP contribution in [0.25, 0.3) is 10.9 Å². The van der Waals surface area contributed by atoms with Crippen molar-refractivity contribution in [2.45, 2.75) is 26.4 Å². The highest BCUT2D eigenvalue weighted by atomic mass is 35.5. The molecule has 5 nitrogen and oxygen atoms in total. The Hall–Kier alpha value is -2.01. The van der Waals surface area contributed by atoms with Crippen molar-refractivity contribution in [2.24, 2.45) is 5.16 Å². The van der Waals surface area contributed by atoms with E-state index in [1.165, 1.54) is 4.57 Å². The van der Waals surface area contributed by atoms with E-state index in [0.717, 1.165) is 5.39 Å². The van der Waals surface area contributed by atoms with Gasteiger partial charge in [-0.1, -0.05) is 16.8 Å². The molecule has 0 saturated carbocycles. The second-order valence-electron chi connectivity index (χ2n) is 5.33. The van der Waals surface area contributed by atoms with Crippen LogP contribution in [0, 0.1) is 0 Å². The lowest BCUT2D eigenvalue weighted by Gasteiger charge is -2.19. The van der Waals surface area contributed by atoms with Crippen LogP contribution in [0.15, 0.2) is 35.6 Å². The fourth-order valence-corrected chi connectivity index (χ4v) is 1.92. The Morgan fingerprint density at radius 3 is 2.65 bits per heavy atom. The lowest BCUT2D eigenvalue weighted by molar-refractivity contribution is 0.0544. The summed E-state index contributed by atoms with van der Waals surface area (Å²) >= 11 is 5.75. The van der Waals surface area contributed by atoms with Crippen molar-refractivity contribution in [1.29, 1.82) is 0 Å². The molecule has 2 aromatic rings. The smallest absolute Gasteiger partial charge is 0.418 e. The Morgan fingerprint density at radius 2 is 2.05 bits per heavy atom. The van der Waals surface area contributed by atoms with Gasteiger partial charge in [0.2, 0.25) is 0 Å². The van der Waals surface area contributed by atoms with Gasteiger partial charge in [-0.3, -0.25) is 4.57 Å². The Morgan fingerprint density at radius 1 is 1.35 bits per heavy atom. The lowest BCUT2D eigenvalue weighted by Crippen LogP contribution is -2.26. The zero-order valence-corrected chi connectivity index (χ0v) is 12.2. The van der Waals surface area contributed by atoms with Crippen LogP contribution in [0.4, 0.5) is 4.79 Å². The number of halogens is 1. The average Bonchev–Trinajstić information content (AvgIpc) is 2.78. The van der Waals surface area contributed by atoms with Crippen molar-refractivity contribution in [3.63, 3.8) is 0 Å². The number of fused-ring (bicyclic) bond motifs is 1. The maximum Gasteiger partial charge on any atom is 0.418 e. The molecule has 0 unspecified atom stereocenters. The number of oxime groups is 1. The van der Waals surface area contributed by atoms with Crippen LogP contribution >= 0.6 is 11.6 Å². The summed E-state index contributed by atoms with van der Waals surface area (Å²) < 4.78 is 6.75. The van der Waals surface area contributed by atoms with Crippen molar-refractivity contribution in [2.75, 3.05) is 0 Å². The molecule has 1 aromatic carbocycles. The second-order valence-corrected chi connectivity index (χ2v) is 5.69. The summed E-state index contributed by atoms with van der Waals surface area (Å²) in [6, 6.07) is 6.90. The third-order valence-electron chi connectivity index (χ3n) is 2.61. The van der Waals surface area contributed by atoms with E-state index >= 15 is 0 Å². The molecule has 0 saturated heterocycles. The van der Waals surface area contributed by atoms with E-state index in [2.05, 4.69) is 5.16 Å². The van der Waals surface area contributed by atoms with Crippen LogP contribution in [0.2, 0.25) is 0 Å². The summed E-state index contributed by atoms with van der Waals surface area (Å²) in [5.41, 5.74) is 0.717. The van der Waals surface area contributed by atoms with Gasteiger partial charge in [0.1, 0.15) is 5.60 Å². The standard InChI is InChI=1S/C14H15ClN2O3/c1-14(2,3)20-13(18)17-7-6-9-8-10(12(15)16-19)4-5-11(9)17/h4-8,19H,1-3H3. The number of aromatic nitrogens is 1. The first kappa shape index (κ1) is 14.4. The van der Waals surface area contributed by atoms with Gasteiger partial charge in [0.15, 0.2) is 5.17 Å². The van der Waals surface area contributed by atoms with E-state index in [1.807, 2.05) is 20.8 Å². The highest BCUT2D eigenvalue weighted by molar-refractivity contribution is 6.69. The van der Waals surface area contributed by atoms with E-state index in [4.69, 9.17) is 21.5 Å². The fourth-order valence-electron chi connectivity index (χ4n) is 1.80. The minimum atomic E-state index is -0.555. The summed E-state index contributed by atoms with van der Waals surface area (Å²) in [5.74, 6) is 0. The minimum Gasteiger partial charge on any atom is -0.443 e. The molecule has 0 amide bonds. The highest BCUT2D eigenvalue weighted by Gasteiger charge is 2.19. The van der Waals surface area contributed by atoms with E-state index in [1.54, 1.807) is 30.5 Å². The molecule has 1 heterocycles. The monoisotopic (exact) mass is 294 g/mol. The number of nitrogens with zero attached hydrogens (tertiary/aromatic N) is 2. The molecule has 2 rings (SSSR count). The Balaban J connectivity index is 2.41. The molecule has 0 radical (unpaired) electrons. The summed E-state index contributed by atoms with van der Waals surface area (Å²) in [5, 5.41) is 12.4. The van der Waals surface area contributed by atoms with Crippen molar-refractivity contribution in [1.82, 2.24) is 4.57 Å². The molecule has 1 aromatic heterocycles. The van der Waals surface area contributed by atoms with Crippen LogP contribution in [0.3, 0.4) is 0 Å². The van der Waals surface area contributed by atoms with Gasteiger partial charge in [-0.2, -0.15) is 0 Å². The van der Waals surface area contributed by atoms with Gasteiger partial charge < -0.3 is 9.94 Å². The molecule has 1 N–H and O–H groups in total. The maximum atomic E-state index is 12.1. The number of hydrogen-bond donors (Lipinski definition) is 1. The molecule has 0 atom stereocenters. The van der Waals surface area contributed by atoms with E-state index < -0.39 is 11.7 Å². The molecule has 0 bridgehead atoms. The van der Waals surface area contributed by atoms with Crippen molar-refractivity contribution >= 4 is 33.8 Å². The first-order chi connectivity index (χ1) is 9.31. The van der Waals surface area contributed by atoms with E-state index in [9.17, 15) is 4.79 Å². The molecule has 0 aliphatic carbocycles. The van der Waals surface area contributed by atoms with Crippen LogP contribution in [-0.4, -0.2) is 26.6 Å². The van der Waals surface area contributed by atoms with Gasteiger partial charge in [-0.15, -0.1) is 0 Å². The number of hydrogen-bond acceptors (Lipinski definition) is 4. The summed E-state index contributed by atoms with van der Waals surface area (Å²) in [7, 11) is 0. The maximum absolute atomic E-state index is 12.1. The molecule has 0 aliphatic heterocycles. The number of rotatable bonds is 1. The number of carbonyl (C=O) groups is 1. The Bertz CT molecular complexity index is 683. The predicted molar refractivity (Wildman–Crippen MR) is 77.7 cm³/mol. The fraction of sp³-hybridized carbons (Fsp3) is 0.286. The van der Waals surface area contributed by atoms with Crippen LogP contribution < -0.4 is 0 Å². The van der Waals surface area contributed by atoms with Gasteiger partial charge in [-0.05, 0) is 45.0 Å². The minimum absolute atomic E-state index is 0.00285. The van der Waals surface area contributed by atoms with Crippen molar-refractivity contribution < 1.29 is 14.7 Å². The highest BCUT2D eigenvalue weighted by Crippen LogP contribution is 2.20. The molecule has 0 fully saturated rings. The van der Waals surface area contributed by atoms with Crippen LogP contribution in [0.5, 0.6) is 0 Å². The molecule has 0 aliphatic rings. The molecule has 6 heteroatoms. The topological polar surface area (TPSA) is 63.8 Å². The van der Waals surface area contributed by atoms with Crippen molar-refractivity contribution in [3.8, 4) is 0 Å². The third kappa shape index (κ3) is 2.93. The number of carbonyl (C=O) groups excluding carboxylic acids is 1. The van der Waals surface area contributed by atoms with Crippen molar-refractivity contribution in [3.05, 3.63) is 36.0 Å². The number of ether oxygens (including phenoxy) is 1. The first-order valence-electron chi connectivity index (χ1n) is 6.04. The molecular weight excluding hydrogens is 280 g/mol. The van der Waals surface area contributed by atoms with Crippen LogP contribution in [-0.2, 0) is 4.74 Å². The summed E-state index contributed by atoms with van der Waals surface area (Å²) in [6.45, 7) is 5.44. The van der Waals surface area contributed by atoms with Crippen LogP contribution in [0.1, 0.15) is 26.3 Å². The largest absolute Gasteiger partial charge is 0.443 e. The quantitative estimate of drug-likeness (QED) is 0.494. The van der Waals surface area contributed by atoms with Gasteiger partial charge >= 0.3 is 6.09 Å². The second kappa shape index (κ2) is 5.17. The predicted octanol–water partition coefficient (Wildman–Crippen LogP) is 3.80. The third-order valence-corrected chi connectivity index (χ3v) is 2.90. The zero-order valence-electron chi connectivity index (χ0n) is 11.4. The lowest BCUT2D eigenvalue weighted by atomic mass is 10.2. The Kier molecular flexibility index (Phi) is 3.72. The van der Waals surface area contributed by atoms with E-state index in [-0.39, 0.29) is 5.17 Å². The molecule has 0 spiro atoms. The summed E-state index contributed by atoms with van der Waals surface area (Å²) in [4.78, 5) is 12.1. The Labute approximate surface area is 121 Å². The zero-order chi connectivity index (χ0) is 14.9. The molecular formula is C14H15ClN2O3.